The first-order valence-corrected chi connectivity index (χ1v) is 8.37. The molecule has 0 aliphatic heterocycles. The molecule has 0 unspecified atom stereocenters. The number of benzene rings is 2. The summed E-state index contributed by atoms with van der Waals surface area (Å²) in [5.74, 6) is 0.304. The van der Waals surface area contributed by atoms with Crippen molar-refractivity contribution in [1.29, 1.82) is 0 Å². The Morgan fingerprint density at radius 2 is 1.43 bits per heavy atom. The number of carboxylic acids is 1. The van der Waals surface area contributed by atoms with E-state index in [9.17, 15) is 9.59 Å². The van der Waals surface area contributed by atoms with Crippen LogP contribution in [0.2, 0.25) is 0 Å². The van der Waals surface area contributed by atoms with Crippen LogP contribution >= 0.6 is 0 Å². The number of hydrogen-bond acceptors (Lipinski definition) is 6. The zero-order valence-electron chi connectivity index (χ0n) is 16.4. The van der Waals surface area contributed by atoms with Crippen molar-refractivity contribution in [3.05, 3.63) is 41.0 Å². The molecule has 0 atom stereocenters. The number of anilines is 1. The highest BCUT2D eigenvalue weighted by Gasteiger charge is 2.17. The molecule has 0 aliphatic carbocycles. The minimum absolute atomic E-state index is 0.342. The van der Waals surface area contributed by atoms with Crippen LogP contribution in [0.15, 0.2) is 24.3 Å². The maximum absolute atomic E-state index is 12.7. The lowest BCUT2D eigenvalue weighted by Gasteiger charge is -2.15. The molecule has 2 rings (SSSR count). The van der Waals surface area contributed by atoms with E-state index in [1.54, 1.807) is 38.1 Å². The average molecular weight is 389 g/mol. The summed E-state index contributed by atoms with van der Waals surface area (Å²) in [7, 11) is 4.48. The fraction of sp³-hybridized carbons (Fsp3) is 0.300. The molecule has 2 aromatic rings. The first-order chi connectivity index (χ1) is 13.3. The molecule has 0 saturated carbocycles. The lowest BCUT2D eigenvalue weighted by atomic mass is 10.0. The lowest BCUT2D eigenvalue weighted by Crippen LogP contribution is -2.14. The Balaban J connectivity index is 2.29. The molecule has 0 radical (unpaired) electrons. The van der Waals surface area contributed by atoms with E-state index < -0.39 is 12.6 Å². The molecule has 0 bridgehead atoms. The maximum atomic E-state index is 12.7. The molecule has 0 spiro atoms. The third-order valence-corrected chi connectivity index (χ3v) is 3.99. The number of aliphatic carboxylic acids is 1. The van der Waals surface area contributed by atoms with Gasteiger partial charge in [-0.15, -0.1) is 0 Å². The van der Waals surface area contributed by atoms with Crippen molar-refractivity contribution < 1.29 is 33.6 Å². The standard InChI is InChI=1S/C20H23NO7/c1-11-6-13(7-12(2)18(11)28-10-17(22)23)20(24)21-14-8-15(25-3)19(27-5)16(9-14)26-4/h6-9H,10H2,1-5H3,(H,21,24)(H,22,23). The highest BCUT2D eigenvalue weighted by molar-refractivity contribution is 6.05. The predicted molar refractivity (Wildman–Crippen MR) is 103 cm³/mol. The van der Waals surface area contributed by atoms with E-state index in [-0.39, 0.29) is 5.91 Å². The Kier molecular flexibility index (Phi) is 6.70. The first-order valence-electron chi connectivity index (χ1n) is 8.37. The average Bonchev–Trinajstić information content (AvgIpc) is 2.65. The number of nitrogens with one attached hydrogen (secondary N) is 1. The molecule has 2 aromatic carbocycles. The van der Waals surface area contributed by atoms with Gasteiger partial charge in [0.2, 0.25) is 5.75 Å². The maximum Gasteiger partial charge on any atom is 0.341 e. The van der Waals surface area contributed by atoms with Crippen molar-refractivity contribution >= 4 is 17.6 Å². The van der Waals surface area contributed by atoms with Crippen molar-refractivity contribution in [2.45, 2.75) is 13.8 Å². The fourth-order valence-electron chi connectivity index (χ4n) is 2.80. The second-order valence-electron chi connectivity index (χ2n) is 5.99. The molecule has 0 aliphatic rings. The number of ether oxygens (including phenoxy) is 4. The highest BCUT2D eigenvalue weighted by Crippen LogP contribution is 2.40. The van der Waals surface area contributed by atoms with Crippen LogP contribution in [0.4, 0.5) is 5.69 Å². The van der Waals surface area contributed by atoms with Gasteiger partial charge < -0.3 is 29.4 Å². The Morgan fingerprint density at radius 1 is 0.893 bits per heavy atom. The molecule has 0 heterocycles. The Bertz CT molecular complexity index is 844. The summed E-state index contributed by atoms with van der Waals surface area (Å²) < 4.78 is 21.1. The molecule has 0 saturated heterocycles. The molecule has 8 nitrogen and oxygen atoms in total. The van der Waals surface area contributed by atoms with Gasteiger partial charge in [-0.05, 0) is 37.1 Å². The Labute approximate surface area is 163 Å². The monoisotopic (exact) mass is 389 g/mol. The third kappa shape index (κ3) is 4.64. The number of methoxy groups -OCH3 is 3. The number of aryl methyl sites for hydroxylation is 2. The minimum Gasteiger partial charge on any atom is -0.493 e. The summed E-state index contributed by atoms with van der Waals surface area (Å²) in [5, 5.41) is 11.6. The van der Waals surface area contributed by atoms with Gasteiger partial charge in [-0.3, -0.25) is 4.79 Å². The van der Waals surface area contributed by atoms with Gasteiger partial charge in [0.1, 0.15) is 5.75 Å². The minimum atomic E-state index is -1.07. The summed E-state index contributed by atoms with van der Waals surface area (Å²) in [6.45, 7) is 3.06. The lowest BCUT2D eigenvalue weighted by molar-refractivity contribution is -0.139. The van der Waals surface area contributed by atoms with Crippen LogP contribution in [0.25, 0.3) is 0 Å². The SMILES string of the molecule is COc1cc(NC(=O)c2cc(C)c(OCC(=O)O)c(C)c2)cc(OC)c1OC. The van der Waals surface area contributed by atoms with E-state index in [0.29, 0.717) is 45.4 Å². The van der Waals surface area contributed by atoms with Gasteiger partial charge in [-0.2, -0.15) is 0 Å². The van der Waals surface area contributed by atoms with Crippen LogP contribution in [0.3, 0.4) is 0 Å². The van der Waals surface area contributed by atoms with Crippen molar-refractivity contribution in [3.63, 3.8) is 0 Å². The van der Waals surface area contributed by atoms with Crippen LogP contribution in [0.1, 0.15) is 21.5 Å². The number of amides is 1. The number of carboxylic acid groups (broad SMARTS) is 1. The van der Waals surface area contributed by atoms with Crippen molar-refractivity contribution in [2.75, 3.05) is 33.3 Å². The summed E-state index contributed by atoms with van der Waals surface area (Å²) in [4.78, 5) is 23.4. The van der Waals surface area contributed by atoms with Crippen LogP contribution in [0.5, 0.6) is 23.0 Å². The fourth-order valence-corrected chi connectivity index (χ4v) is 2.80. The van der Waals surface area contributed by atoms with Gasteiger partial charge in [0.05, 0.1) is 21.3 Å². The third-order valence-electron chi connectivity index (χ3n) is 3.99. The van der Waals surface area contributed by atoms with Crippen molar-refractivity contribution in [3.8, 4) is 23.0 Å². The largest absolute Gasteiger partial charge is 0.493 e. The van der Waals surface area contributed by atoms with E-state index >= 15 is 0 Å². The van der Waals surface area contributed by atoms with E-state index in [1.807, 2.05) is 0 Å². The quantitative estimate of drug-likeness (QED) is 0.715. The predicted octanol–water partition coefficient (Wildman–Crippen LogP) is 3.04. The van der Waals surface area contributed by atoms with Gasteiger partial charge in [0.15, 0.2) is 18.1 Å². The number of hydrogen-bond donors (Lipinski definition) is 2. The molecule has 1 amide bonds. The van der Waals surface area contributed by atoms with Crippen LogP contribution in [0, 0.1) is 13.8 Å². The highest BCUT2D eigenvalue weighted by atomic mass is 16.5. The number of carbonyl (C=O) groups is 2. The summed E-state index contributed by atoms with van der Waals surface area (Å²) >= 11 is 0. The van der Waals surface area contributed by atoms with Crippen LogP contribution in [-0.2, 0) is 4.79 Å². The van der Waals surface area contributed by atoms with Crippen molar-refractivity contribution in [2.24, 2.45) is 0 Å². The summed E-state index contributed by atoms with van der Waals surface area (Å²) in [6, 6.07) is 6.53. The topological polar surface area (TPSA) is 103 Å². The molecule has 8 heteroatoms. The molecular formula is C20H23NO7. The number of carbonyl (C=O) groups excluding carboxylic acids is 1. The summed E-state index contributed by atoms with van der Waals surface area (Å²) in [5.41, 5.74) is 2.21. The zero-order valence-corrected chi connectivity index (χ0v) is 16.4. The van der Waals surface area contributed by atoms with Gasteiger partial charge in [0.25, 0.3) is 5.91 Å². The normalized spacial score (nSPS) is 10.2. The van der Waals surface area contributed by atoms with Gasteiger partial charge >= 0.3 is 5.97 Å². The second-order valence-corrected chi connectivity index (χ2v) is 5.99. The van der Waals surface area contributed by atoms with Gasteiger partial charge in [0, 0.05) is 23.4 Å². The zero-order chi connectivity index (χ0) is 20.8. The second kappa shape index (κ2) is 8.98. The Morgan fingerprint density at radius 3 is 1.86 bits per heavy atom. The molecule has 28 heavy (non-hydrogen) atoms. The van der Waals surface area contributed by atoms with E-state index in [0.717, 1.165) is 0 Å². The smallest absolute Gasteiger partial charge is 0.341 e. The van der Waals surface area contributed by atoms with E-state index in [1.165, 1.54) is 21.3 Å². The molecule has 2 N–H and O–H groups in total. The number of rotatable bonds is 8. The molecule has 0 aromatic heterocycles. The van der Waals surface area contributed by atoms with E-state index in [2.05, 4.69) is 5.32 Å². The van der Waals surface area contributed by atoms with E-state index in [4.69, 9.17) is 24.1 Å². The molecule has 150 valence electrons. The molecular weight excluding hydrogens is 366 g/mol. The Hall–Kier alpha value is -3.42. The van der Waals surface area contributed by atoms with Gasteiger partial charge in [-0.25, -0.2) is 4.79 Å². The van der Waals surface area contributed by atoms with Crippen molar-refractivity contribution in [1.82, 2.24) is 0 Å². The van der Waals surface area contributed by atoms with Gasteiger partial charge in [-0.1, -0.05) is 0 Å². The first kappa shape index (κ1) is 20.9. The molecule has 0 fully saturated rings. The van der Waals surface area contributed by atoms with Crippen LogP contribution in [-0.4, -0.2) is 44.9 Å². The summed E-state index contributed by atoms with van der Waals surface area (Å²) in [6.07, 6.45) is 0. The van der Waals surface area contributed by atoms with Crippen LogP contribution < -0.4 is 24.3 Å².